The Morgan fingerprint density at radius 2 is 1.65 bits per heavy atom. The van der Waals surface area contributed by atoms with Crippen molar-refractivity contribution in [1.29, 1.82) is 0 Å². The molecular formula is C22H21FN2O. The van der Waals surface area contributed by atoms with Gasteiger partial charge < -0.3 is 4.90 Å². The van der Waals surface area contributed by atoms with E-state index in [9.17, 15) is 9.18 Å². The van der Waals surface area contributed by atoms with Crippen LogP contribution in [0.2, 0.25) is 0 Å². The van der Waals surface area contributed by atoms with E-state index in [-0.39, 0.29) is 11.7 Å². The van der Waals surface area contributed by atoms with Crippen molar-refractivity contribution in [2.75, 3.05) is 6.54 Å². The smallest absolute Gasteiger partial charge is 0.227 e. The van der Waals surface area contributed by atoms with Crippen LogP contribution in [0.1, 0.15) is 16.7 Å². The van der Waals surface area contributed by atoms with E-state index >= 15 is 0 Å². The highest BCUT2D eigenvalue weighted by Crippen LogP contribution is 2.12. The molecule has 3 rings (SSSR count). The first-order valence-corrected chi connectivity index (χ1v) is 8.66. The predicted molar refractivity (Wildman–Crippen MR) is 99.9 cm³/mol. The molecule has 1 aromatic heterocycles. The van der Waals surface area contributed by atoms with Gasteiger partial charge in [0.05, 0.1) is 6.42 Å². The summed E-state index contributed by atoms with van der Waals surface area (Å²) in [5.74, 6) is -0.208. The van der Waals surface area contributed by atoms with Gasteiger partial charge in [-0.1, -0.05) is 54.6 Å². The van der Waals surface area contributed by atoms with E-state index < -0.39 is 0 Å². The molecule has 3 nitrogen and oxygen atoms in total. The summed E-state index contributed by atoms with van der Waals surface area (Å²) in [5, 5.41) is 0. The zero-order valence-electron chi connectivity index (χ0n) is 14.5. The molecular weight excluding hydrogens is 327 g/mol. The number of carbonyl (C=O) groups is 1. The third-order valence-electron chi connectivity index (χ3n) is 4.26. The lowest BCUT2D eigenvalue weighted by Gasteiger charge is -2.23. The summed E-state index contributed by atoms with van der Waals surface area (Å²) in [6.45, 7) is 0.926. The molecule has 0 saturated heterocycles. The summed E-state index contributed by atoms with van der Waals surface area (Å²) in [6.07, 6.45) is 4.27. The molecule has 0 aliphatic heterocycles. The second-order valence-corrected chi connectivity index (χ2v) is 6.18. The Morgan fingerprint density at radius 3 is 2.38 bits per heavy atom. The van der Waals surface area contributed by atoms with Crippen LogP contribution in [0.15, 0.2) is 79.1 Å². The molecule has 1 heterocycles. The van der Waals surface area contributed by atoms with Crippen molar-refractivity contribution in [3.63, 3.8) is 0 Å². The van der Waals surface area contributed by atoms with Crippen molar-refractivity contribution in [2.24, 2.45) is 0 Å². The highest BCUT2D eigenvalue weighted by atomic mass is 19.1. The van der Waals surface area contributed by atoms with Gasteiger partial charge in [0, 0.05) is 25.5 Å². The summed E-state index contributed by atoms with van der Waals surface area (Å²) < 4.78 is 13.9. The molecule has 0 unspecified atom stereocenters. The van der Waals surface area contributed by atoms with E-state index in [1.807, 2.05) is 48.5 Å². The lowest BCUT2D eigenvalue weighted by Crippen LogP contribution is -2.33. The SMILES string of the molecule is O=C(Cc1ccccc1)N(CCc1ccccc1F)Cc1cccnc1. The number of nitrogens with zero attached hydrogens (tertiary/aromatic N) is 2. The number of hydrogen-bond acceptors (Lipinski definition) is 2. The first-order chi connectivity index (χ1) is 12.7. The van der Waals surface area contributed by atoms with Crippen molar-refractivity contribution in [2.45, 2.75) is 19.4 Å². The van der Waals surface area contributed by atoms with Crippen LogP contribution in [0.25, 0.3) is 0 Å². The lowest BCUT2D eigenvalue weighted by atomic mass is 10.1. The van der Waals surface area contributed by atoms with Gasteiger partial charge >= 0.3 is 0 Å². The number of benzene rings is 2. The highest BCUT2D eigenvalue weighted by molar-refractivity contribution is 5.78. The van der Waals surface area contributed by atoms with Gasteiger partial charge in [0.1, 0.15) is 5.82 Å². The molecule has 0 N–H and O–H groups in total. The number of amides is 1. The Bertz CT molecular complexity index is 837. The third-order valence-corrected chi connectivity index (χ3v) is 4.26. The number of hydrogen-bond donors (Lipinski definition) is 0. The average Bonchev–Trinajstić information content (AvgIpc) is 2.68. The number of carbonyl (C=O) groups excluding carboxylic acids is 1. The second-order valence-electron chi connectivity index (χ2n) is 6.18. The molecule has 0 saturated carbocycles. The average molecular weight is 348 g/mol. The lowest BCUT2D eigenvalue weighted by molar-refractivity contribution is -0.131. The molecule has 0 bridgehead atoms. The van der Waals surface area contributed by atoms with Gasteiger partial charge in [0.25, 0.3) is 0 Å². The molecule has 132 valence electrons. The quantitative estimate of drug-likeness (QED) is 0.646. The van der Waals surface area contributed by atoms with E-state index in [2.05, 4.69) is 4.98 Å². The Labute approximate surface area is 153 Å². The maximum atomic E-state index is 13.9. The Kier molecular flexibility index (Phi) is 6.09. The molecule has 0 fully saturated rings. The van der Waals surface area contributed by atoms with Gasteiger partial charge in [0.15, 0.2) is 0 Å². The topological polar surface area (TPSA) is 33.2 Å². The molecule has 3 aromatic rings. The first-order valence-electron chi connectivity index (χ1n) is 8.66. The van der Waals surface area contributed by atoms with E-state index in [1.165, 1.54) is 6.07 Å². The summed E-state index contributed by atoms with van der Waals surface area (Å²) in [6, 6.07) is 20.2. The van der Waals surface area contributed by atoms with Crippen LogP contribution in [-0.2, 0) is 24.2 Å². The number of halogens is 1. The van der Waals surface area contributed by atoms with E-state index in [0.717, 1.165) is 11.1 Å². The molecule has 0 aliphatic rings. The summed E-state index contributed by atoms with van der Waals surface area (Å²) in [5.41, 5.74) is 2.55. The van der Waals surface area contributed by atoms with Gasteiger partial charge in [-0.05, 0) is 35.2 Å². The van der Waals surface area contributed by atoms with Crippen LogP contribution in [0, 0.1) is 5.82 Å². The van der Waals surface area contributed by atoms with Gasteiger partial charge in [0.2, 0.25) is 5.91 Å². The number of pyridine rings is 1. The Hall–Kier alpha value is -3.01. The fraction of sp³-hybridized carbons (Fsp3) is 0.182. The standard InChI is InChI=1S/C22H21FN2O/c23-21-11-5-4-10-20(21)12-14-25(17-19-9-6-13-24-16-19)22(26)15-18-7-2-1-3-8-18/h1-11,13,16H,12,14-15,17H2. The van der Waals surface area contributed by atoms with Gasteiger partial charge in [-0.3, -0.25) is 9.78 Å². The van der Waals surface area contributed by atoms with Crippen molar-refractivity contribution in [1.82, 2.24) is 9.88 Å². The van der Waals surface area contributed by atoms with E-state index in [4.69, 9.17) is 0 Å². The summed E-state index contributed by atoms with van der Waals surface area (Å²) >= 11 is 0. The number of aromatic nitrogens is 1. The maximum absolute atomic E-state index is 13.9. The summed E-state index contributed by atoms with van der Waals surface area (Å²) in [7, 11) is 0. The molecule has 26 heavy (non-hydrogen) atoms. The highest BCUT2D eigenvalue weighted by Gasteiger charge is 2.15. The molecule has 0 radical (unpaired) electrons. The van der Waals surface area contributed by atoms with Crippen molar-refractivity contribution in [3.05, 3.63) is 102 Å². The normalized spacial score (nSPS) is 10.5. The van der Waals surface area contributed by atoms with Crippen LogP contribution in [0.5, 0.6) is 0 Å². The van der Waals surface area contributed by atoms with Gasteiger partial charge in [-0.2, -0.15) is 0 Å². The monoisotopic (exact) mass is 348 g/mol. The zero-order chi connectivity index (χ0) is 18.2. The van der Waals surface area contributed by atoms with Crippen molar-refractivity contribution in [3.8, 4) is 0 Å². The second kappa shape index (κ2) is 8.90. The van der Waals surface area contributed by atoms with Crippen LogP contribution in [0.4, 0.5) is 4.39 Å². The van der Waals surface area contributed by atoms with Gasteiger partial charge in [-0.15, -0.1) is 0 Å². The molecule has 1 amide bonds. The van der Waals surface area contributed by atoms with Crippen molar-refractivity contribution < 1.29 is 9.18 Å². The summed E-state index contributed by atoms with van der Waals surface area (Å²) in [4.78, 5) is 18.7. The largest absolute Gasteiger partial charge is 0.338 e. The van der Waals surface area contributed by atoms with Crippen LogP contribution in [0.3, 0.4) is 0 Å². The fourth-order valence-corrected chi connectivity index (χ4v) is 2.84. The molecule has 0 aliphatic carbocycles. The van der Waals surface area contributed by atoms with Crippen LogP contribution < -0.4 is 0 Å². The molecule has 0 spiro atoms. The maximum Gasteiger partial charge on any atom is 0.227 e. The number of rotatable bonds is 7. The first kappa shape index (κ1) is 17.8. The minimum Gasteiger partial charge on any atom is -0.338 e. The van der Waals surface area contributed by atoms with Crippen LogP contribution in [-0.4, -0.2) is 22.3 Å². The van der Waals surface area contributed by atoms with Crippen molar-refractivity contribution >= 4 is 5.91 Å². The zero-order valence-corrected chi connectivity index (χ0v) is 14.5. The Balaban J connectivity index is 1.72. The molecule has 4 heteroatoms. The fourth-order valence-electron chi connectivity index (χ4n) is 2.84. The van der Waals surface area contributed by atoms with E-state index in [1.54, 1.807) is 29.4 Å². The van der Waals surface area contributed by atoms with Crippen LogP contribution >= 0.6 is 0 Å². The minimum absolute atomic E-state index is 0.0244. The molecule has 2 aromatic carbocycles. The molecule has 0 atom stereocenters. The Morgan fingerprint density at radius 1 is 0.923 bits per heavy atom. The van der Waals surface area contributed by atoms with Gasteiger partial charge in [-0.25, -0.2) is 4.39 Å². The third kappa shape index (κ3) is 4.99. The van der Waals surface area contributed by atoms with E-state index in [0.29, 0.717) is 31.5 Å². The predicted octanol–water partition coefficient (Wildman–Crippen LogP) is 4.03. The minimum atomic E-state index is -0.232.